The summed E-state index contributed by atoms with van der Waals surface area (Å²) >= 11 is 0. The third-order valence-corrected chi connectivity index (χ3v) is 0.968. The van der Waals surface area contributed by atoms with Crippen molar-refractivity contribution in [3.05, 3.63) is 0 Å². The molecule has 0 aromatic rings. The summed E-state index contributed by atoms with van der Waals surface area (Å²) < 4.78 is 0. The van der Waals surface area contributed by atoms with E-state index >= 15 is 0 Å². The second-order valence-corrected chi connectivity index (χ2v) is 3.51. The second-order valence-electron chi connectivity index (χ2n) is 3.51. The van der Waals surface area contributed by atoms with Gasteiger partial charge in [0.15, 0.2) is 0 Å². The molecule has 0 saturated carbocycles. The van der Waals surface area contributed by atoms with Crippen LogP contribution in [0.2, 0.25) is 0 Å². The molecule has 1 atom stereocenters. The molecule has 0 aromatic carbocycles. The molecular weight excluding hydrogens is 146 g/mol. The molecule has 0 aliphatic carbocycles. The van der Waals surface area contributed by atoms with E-state index in [0.29, 0.717) is 0 Å². The van der Waals surface area contributed by atoms with Crippen LogP contribution >= 0.6 is 0 Å². The van der Waals surface area contributed by atoms with E-state index in [4.69, 9.17) is 10.2 Å². The fraction of sp³-hybridized carbons (Fsp3) is 0.857. The van der Waals surface area contributed by atoms with Crippen LogP contribution < -0.4 is 5.32 Å². The van der Waals surface area contributed by atoms with E-state index in [-0.39, 0.29) is 12.0 Å². The van der Waals surface area contributed by atoms with E-state index in [1.807, 2.05) is 20.8 Å². The smallest absolute Gasteiger partial charge is 0.307 e. The summed E-state index contributed by atoms with van der Waals surface area (Å²) in [5.74, 6) is -1.01. The Morgan fingerprint density at radius 3 is 2.27 bits per heavy atom. The molecule has 0 aromatic heterocycles. The molecule has 1 unspecified atom stereocenters. The van der Waals surface area contributed by atoms with Crippen LogP contribution in [-0.4, -0.2) is 27.9 Å². The topological polar surface area (TPSA) is 69.6 Å². The highest BCUT2D eigenvalue weighted by atomic mass is 16.4. The van der Waals surface area contributed by atoms with Crippen LogP contribution in [0, 0.1) is 0 Å². The summed E-state index contributed by atoms with van der Waals surface area (Å²) in [4.78, 5) is 10.1. The minimum atomic E-state index is -1.01. The van der Waals surface area contributed by atoms with Gasteiger partial charge in [0.05, 0.1) is 6.42 Å². The van der Waals surface area contributed by atoms with E-state index < -0.39 is 12.2 Å². The number of hydrogen-bond donors (Lipinski definition) is 3. The average molecular weight is 161 g/mol. The highest BCUT2D eigenvalue weighted by molar-refractivity contribution is 5.67. The minimum absolute atomic E-state index is 0.255. The first-order valence-corrected chi connectivity index (χ1v) is 3.49. The third kappa shape index (κ3) is 7.29. The van der Waals surface area contributed by atoms with E-state index in [9.17, 15) is 4.79 Å². The lowest BCUT2D eigenvalue weighted by atomic mass is 10.1. The largest absolute Gasteiger partial charge is 0.481 e. The highest BCUT2D eigenvalue weighted by Crippen LogP contribution is 2.01. The number of carboxylic acid groups (broad SMARTS) is 1. The number of aliphatic hydroxyl groups is 1. The van der Waals surface area contributed by atoms with Gasteiger partial charge in [0.2, 0.25) is 0 Å². The fourth-order valence-corrected chi connectivity index (χ4v) is 0.716. The summed E-state index contributed by atoms with van der Waals surface area (Å²) in [5, 5.41) is 20.1. The zero-order chi connectivity index (χ0) is 9.07. The van der Waals surface area contributed by atoms with Gasteiger partial charge in [-0.05, 0) is 20.8 Å². The zero-order valence-electron chi connectivity index (χ0n) is 7.09. The molecule has 3 N–H and O–H groups in total. The maximum atomic E-state index is 10.1. The Hall–Kier alpha value is -0.610. The number of aliphatic carboxylic acids is 1. The van der Waals surface area contributed by atoms with Crippen molar-refractivity contribution in [1.82, 2.24) is 5.32 Å². The van der Waals surface area contributed by atoms with Crippen LogP contribution in [-0.2, 0) is 4.79 Å². The summed E-state index contributed by atoms with van der Waals surface area (Å²) in [5.41, 5.74) is -0.255. The molecule has 0 fully saturated rings. The zero-order valence-corrected chi connectivity index (χ0v) is 7.09. The lowest BCUT2D eigenvalue weighted by Crippen LogP contribution is -2.44. The Kier molecular flexibility index (Phi) is 3.48. The van der Waals surface area contributed by atoms with Gasteiger partial charge in [-0.1, -0.05) is 0 Å². The molecule has 0 bridgehead atoms. The Balaban J connectivity index is 3.69. The third-order valence-electron chi connectivity index (χ3n) is 0.968. The molecule has 0 radical (unpaired) electrons. The summed E-state index contributed by atoms with van der Waals surface area (Å²) in [6.07, 6.45) is -1.23. The first-order chi connectivity index (χ1) is 4.81. The van der Waals surface area contributed by atoms with Gasteiger partial charge >= 0.3 is 5.97 Å². The lowest BCUT2D eigenvalue weighted by molar-refractivity contribution is -0.139. The van der Waals surface area contributed by atoms with Gasteiger partial charge in [-0.15, -0.1) is 0 Å². The predicted octanol–water partition coefficient (Wildman–Crippen LogP) is 0.168. The van der Waals surface area contributed by atoms with Gasteiger partial charge in [-0.25, -0.2) is 0 Å². The lowest BCUT2D eigenvalue weighted by Gasteiger charge is -2.23. The maximum Gasteiger partial charge on any atom is 0.307 e. The molecular formula is C7H15NO3. The van der Waals surface area contributed by atoms with Gasteiger partial charge in [0, 0.05) is 5.54 Å². The Labute approximate surface area is 66.2 Å². The molecule has 4 nitrogen and oxygen atoms in total. The van der Waals surface area contributed by atoms with Crippen molar-refractivity contribution in [3.8, 4) is 0 Å². The van der Waals surface area contributed by atoms with Crippen LogP contribution in [0.25, 0.3) is 0 Å². The fourth-order valence-electron chi connectivity index (χ4n) is 0.716. The molecule has 0 aliphatic rings. The number of carbonyl (C=O) groups is 1. The van der Waals surface area contributed by atoms with Crippen molar-refractivity contribution in [2.75, 3.05) is 0 Å². The number of nitrogens with one attached hydrogen (secondary N) is 1. The van der Waals surface area contributed by atoms with Crippen molar-refractivity contribution in [3.63, 3.8) is 0 Å². The molecule has 0 rings (SSSR count). The molecule has 11 heavy (non-hydrogen) atoms. The maximum absolute atomic E-state index is 10.1. The first kappa shape index (κ1) is 10.4. The van der Waals surface area contributed by atoms with Crippen LogP contribution in [0.1, 0.15) is 27.2 Å². The van der Waals surface area contributed by atoms with E-state index in [1.54, 1.807) is 0 Å². The normalized spacial score (nSPS) is 14.5. The summed E-state index contributed by atoms with van der Waals surface area (Å²) in [6.45, 7) is 5.58. The molecule has 0 aliphatic heterocycles. The molecule has 4 heteroatoms. The Morgan fingerprint density at radius 1 is 1.55 bits per heavy atom. The molecule has 0 heterocycles. The molecule has 66 valence electrons. The first-order valence-electron chi connectivity index (χ1n) is 3.49. The molecule has 0 saturated heterocycles. The van der Waals surface area contributed by atoms with Crippen molar-refractivity contribution >= 4 is 5.97 Å². The van der Waals surface area contributed by atoms with Gasteiger partial charge in [0.25, 0.3) is 0 Å². The van der Waals surface area contributed by atoms with Crippen molar-refractivity contribution in [2.45, 2.75) is 39.0 Å². The summed E-state index contributed by atoms with van der Waals surface area (Å²) in [6, 6.07) is 0. The van der Waals surface area contributed by atoms with Crippen LogP contribution in [0.3, 0.4) is 0 Å². The van der Waals surface area contributed by atoms with Crippen molar-refractivity contribution < 1.29 is 15.0 Å². The Morgan fingerprint density at radius 2 is 2.00 bits per heavy atom. The number of rotatable bonds is 3. The van der Waals surface area contributed by atoms with Crippen molar-refractivity contribution in [2.24, 2.45) is 0 Å². The SMILES string of the molecule is CC(C)(C)NC(O)CC(=O)O. The molecule has 0 spiro atoms. The van der Waals surface area contributed by atoms with Gasteiger partial charge < -0.3 is 10.2 Å². The van der Waals surface area contributed by atoms with Gasteiger partial charge in [-0.2, -0.15) is 0 Å². The monoisotopic (exact) mass is 161 g/mol. The highest BCUT2D eigenvalue weighted by Gasteiger charge is 2.16. The van der Waals surface area contributed by atoms with Crippen molar-refractivity contribution in [1.29, 1.82) is 0 Å². The standard InChI is InChI=1S/C7H15NO3/c1-7(2,3)8-5(9)4-6(10)11/h5,8-9H,4H2,1-3H3,(H,10,11). The van der Waals surface area contributed by atoms with Crippen LogP contribution in [0.5, 0.6) is 0 Å². The van der Waals surface area contributed by atoms with Crippen LogP contribution in [0.4, 0.5) is 0 Å². The van der Waals surface area contributed by atoms with E-state index in [1.165, 1.54) is 0 Å². The predicted molar refractivity (Wildman–Crippen MR) is 41.1 cm³/mol. The van der Waals surface area contributed by atoms with Gasteiger partial charge in [-0.3, -0.25) is 10.1 Å². The summed E-state index contributed by atoms with van der Waals surface area (Å²) in [7, 11) is 0. The molecule has 0 amide bonds. The second kappa shape index (κ2) is 3.69. The number of hydrogen-bond acceptors (Lipinski definition) is 3. The quantitative estimate of drug-likeness (QED) is 0.516. The Bertz CT molecular complexity index is 139. The number of carboxylic acids is 1. The minimum Gasteiger partial charge on any atom is -0.481 e. The average Bonchev–Trinajstić information content (AvgIpc) is 1.53. The van der Waals surface area contributed by atoms with Crippen LogP contribution in [0.15, 0.2) is 0 Å². The van der Waals surface area contributed by atoms with E-state index in [0.717, 1.165) is 0 Å². The van der Waals surface area contributed by atoms with E-state index in [2.05, 4.69) is 5.32 Å². The van der Waals surface area contributed by atoms with Gasteiger partial charge in [0.1, 0.15) is 6.23 Å². The number of aliphatic hydroxyl groups excluding tert-OH is 1.